The minimum absolute atomic E-state index is 0.00792. The number of unbranched alkanes of at least 4 members (excludes halogenated alkanes) is 6. The van der Waals surface area contributed by atoms with Crippen molar-refractivity contribution >= 4 is 39.1 Å². The number of aromatic amines is 1. The fourth-order valence-corrected chi connectivity index (χ4v) is 6.14. The molecule has 1 aliphatic carbocycles. The number of carbonyl (C=O) groups excluding carboxylic acids is 2. The number of hydrogen-bond donors (Lipinski definition) is 1. The number of carbonyl (C=O) groups is 2. The summed E-state index contributed by atoms with van der Waals surface area (Å²) in [6, 6.07) is 20.6. The van der Waals surface area contributed by atoms with Crippen LogP contribution in [-0.2, 0) is 21.4 Å². The lowest BCUT2D eigenvalue weighted by atomic mass is 9.87. The van der Waals surface area contributed by atoms with Gasteiger partial charge in [0.2, 0.25) is 5.95 Å². The molecule has 0 saturated heterocycles. The zero-order valence-electron chi connectivity index (χ0n) is 29.0. The van der Waals surface area contributed by atoms with E-state index in [0.717, 1.165) is 61.1 Å². The quantitative estimate of drug-likeness (QED) is 0.0846. The second-order valence-corrected chi connectivity index (χ2v) is 13.9. The Balaban J connectivity index is 0.000000386. The SMILES string of the molecule is CC(C)(C)c1ccc2c(c1)nc(CCCCCCCCCC(F)(F)F)n2-c1ccc(C2=CC(=O)C=CC2=O)cc1.Fc1[nH]c2ccccc2c1F. The fraction of sp³-hybridized carbons (Fsp3) is 0.341. The molecule has 0 atom stereocenters. The maximum Gasteiger partial charge on any atom is 0.389 e. The Morgan fingerprint density at radius 2 is 1.45 bits per heavy atom. The number of fused-ring (bicyclic) bond motifs is 2. The summed E-state index contributed by atoms with van der Waals surface area (Å²) >= 11 is 0. The van der Waals surface area contributed by atoms with Gasteiger partial charge in [0.25, 0.3) is 0 Å². The van der Waals surface area contributed by atoms with Gasteiger partial charge in [0.1, 0.15) is 5.82 Å². The molecule has 268 valence electrons. The number of halogens is 5. The first kappa shape index (κ1) is 37.4. The lowest BCUT2D eigenvalue weighted by Gasteiger charge is -2.18. The molecule has 1 aliphatic rings. The molecule has 51 heavy (non-hydrogen) atoms. The molecule has 3 aromatic carbocycles. The first-order chi connectivity index (χ1) is 24.2. The van der Waals surface area contributed by atoms with Crippen LogP contribution in [0.15, 0.2) is 85.0 Å². The van der Waals surface area contributed by atoms with E-state index < -0.39 is 24.4 Å². The third-order valence-corrected chi connectivity index (χ3v) is 8.94. The third-order valence-electron chi connectivity index (χ3n) is 8.94. The van der Waals surface area contributed by atoms with Crippen molar-refractivity contribution in [1.82, 2.24) is 14.5 Å². The van der Waals surface area contributed by atoms with E-state index in [1.807, 2.05) is 24.3 Å². The molecule has 0 radical (unpaired) electrons. The van der Waals surface area contributed by atoms with Gasteiger partial charge in [0, 0.05) is 29.5 Å². The van der Waals surface area contributed by atoms with E-state index in [-0.39, 0.29) is 23.4 Å². The largest absolute Gasteiger partial charge is 0.389 e. The number of nitrogens with one attached hydrogen (secondary N) is 1. The zero-order valence-corrected chi connectivity index (χ0v) is 29.0. The van der Waals surface area contributed by atoms with Gasteiger partial charge >= 0.3 is 6.18 Å². The summed E-state index contributed by atoms with van der Waals surface area (Å²) in [6.45, 7) is 6.53. The maximum atomic E-state index is 12.8. The van der Waals surface area contributed by atoms with Crippen molar-refractivity contribution in [1.29, 1.82) is 0 Å². The molecule has 0 unspecified atom stereocenters. The standard InChI is InChI=1S/C33H37F3N2O2.C8H5F2N/c1-32(2,3)24-14-18-29-28(21-24)37-31(11-9-7-5-4-6-8-10-20-33(34,35)36)38(29)25-15-12-23(13-16-25)27-22-26(39)17-19-30(27)40;9-7-5-3-1-2-4-6(5)11-8(7)10/h12-19,21-22H,4-11,20H2,1-3H3;1-4,11H. The Morgan fingerprint density at radius 3 is 2.12 bits per heavy atom. The molecule has 0 bridgehead atoms. The Morgan fingerprint density at radius 1 is 0.784 bits per heavy atom. The van der Waals surface area contributed by atoms with E-state index >= 15 is 0 Å². The third kappa shape index (κ3) is 9.68. The monoisotopic (exact) mass is 703 g/mol. The number of ketones is 2. The molecule has 5 aromatic rings. The second-order valence-electron chi connectivity index (χ2n) is 13.9. The normalized spacial score (nSPS) is 13.5. The number of rotatable bonds is 11. The number of aryl methyl sites for hydroxylation is 1. The van der Waals surface area contributed by atoms with E-state index in [2.05, 4.69) is 48.5 Å². The molecular weight excluding hydrogens is 661 g/mol. The van der Waals surface area contributed by atoms with Crippen molar-refractivity contribution in [3.8, 4) is 5.69 Å². The Hall–Kier alpha value is -4.86. The van der Waals surface area contributed by atoms with Crippen LogP contribution in [0.5, 0.6) is 0 Å². The number of para-hydroxylation sites is 1. The molecule has 0 spiro atoms. The van der Waals surface area contributed by atoms with Gasteiger partial charge in [0.15, 0.2) is 17.4 Å². The summed E-state index contributed by atoms with van der Waals surface area (Å²) in [5.74, 6) is -1.13. The van der Waals surface area contributed by atoms with Crippen LogP contribution in [0, 0.1) is 11.8 Å². The number of benzene rings is 3. The predicted octanol–water partition coefficient (Wildman–Crippen LogP) is 11.1. The molecule has 0 fully saturated rings. The first-order valence-corrected chi connectivity index (χ1v) is 17.3. The lowest BCUT2D eigenvalue weighted by Crippen LogP contribution is -2.10. The minimum Gasteiger partial charge on any atom is -0.329 e. The average molecular weight is 704 g/mol. The van der Waals surface area contributed by atoms with Crippen LogP contribution in [0.2, 0.25) is 0 Å². The second kappa shape index (κ2) is 16.0. The van der Waals surface area contributed by atoms with Gasteiger partial charge in [-0.1, -0.05) is 83.2 Å². The van der Waals surface area contributed by atoms with Gasteiger partial charge in [-0.2, -0.15) is 17.6 Å². The van der Waals surface area contributed by atoms with Crippen LogP contribution >= 0.6 is 0 Å². The van der Waals surface area contributed by atoms with Crippen molar-refractivity contribution in [3.05, 3.63) is 114 Å². The van der Waals surface area contributed by atoms with Crippen LogP contribution in [0.1, 0.15) is 89.1 Å². The topological polar surface area (TPSA) is 67.8 Å². The van der Waals surface area contributed by atoms with Gasteiger partial charge in [0.05, 0.1) is 16.6 Å². The highest BCUT2D eigenvalue weighted by atomic mass is 19.4. The number of imidazole rings is 1. The van der Waals surface area contributed by atoms with Crippen LogP contribution in [0.25, 0.3) is 33.2 Å². The fourth-order valence-electron chi connectivity index (χ4n) is 6.14. The van der Waals surface area contributed by atoms with E-state index in [0.29, 0.717) is 28.5 Å². The van der Waals surface area contributed by atoms with Crippen molar-refractivity contribution in [2.45, 2.75) is 90.1 Å². The van der Waals surface area contributed by atoms with E-state index in [1.54, 1.807) is 18.2 Å². The molecule has 6 rings (SSSR count). The Kier molecular flexibility index (Phi) is 11.7. The van der Waals surface area contributed by atoms with Gasteiger partial charge in [-0.05, 0) is 84.0 Å². The lowest BCUT2D eigenvalue weighted by molar-refractivity contribution is -0.135. The van der Waals surface area contributed by atoms with Crippen LogP contribution in [-0.4, -0.2) is 32.3 Å². The van der Waals surface area contributed by atoms with Crippen molar-refractivity contribution < 1.29 is 31.5 Å². The van der Waals surface area contributed by atoms with Crippen molar-refractivity contribution in [2.75, 3.05) is 0 Å². The molecule has 2 aromatic heterocycles. The summed E-state index contributed by atoms with van der Waals surface area (Å²) in [4.78, 5) is 31.4. The predicted molar refractivity (Wildman–Crippen MR) is 192 cm³/mol. The number of alkyl halides is 3. The summed E-state index contributed by atoms with van der Waals surface area (Å²) < 4.78 is 64.3. The summed E-state index contributed by atoms with van der Waals surface area (Å²) in [7, 11) is 0. The van der Waals surface area contributed by atoms with Crippen LogP contribution < -0.4 is 0 Å². The number of hydrogen-bond acceptors (Lipinski definition) is 3. The number of nitrogens with zero attached hydrogens (tertiary/aromatic N) is 2. The van der Waals surface area contributed by atoms with Gasteiger partial charge < -0.3 is 4.98 Å². The first-order valence-electron chi connectivity index (χ1n) is 17.3. The van der Waals surface area contributed by atoms with Crippen molar-refractivity contribution in [2.24, 2.45) is 0 Å². The maximum absolute atomic E-state index is 12.8. The number of allylic oxidation sites excluding steroid dienone is 4. The highest BCUT2D eigenvalue weighted by Gasteiger charge is 2.25. The Bertz CT molecular complexity index is 2060. The highest BCUT2D eigenvalue weighted by molar-refractivity contribution is 6.33. The molecule has 1 N–H and O–H groups in total. The van der Waals surface area contributed by atoms with Gasteiger partial charge in [-0.3, -0.25) is 14.2 Å². The summed E-state index contributed by atoms with van der Waals surface area (Å²) in [5.41, 5.74) is 5.64. The molecule has 2 heterocycles. The molecule has 0 amide bonds. The van der Waals surface area contributed by atoms with Crippen molar-refractivity contribution in [3.63, 3.8) is 0 Å². The highest BCUT2D eigenvalue weighted by Crippen LogP contribution is 2.30. The minimum atomic E-state index is -4.06. The molecule has 5 nitrogen and oxygen atoms in total. The molecule has 10 heteroatoms. The molecule has 0 aliphatic heterocycles. The molecular formula is C41H42F5N3O2. The summed E-state index contributed by atoms with van der Waals surface area (Å²) in [5, 5.41) is 0.296. The van der Waals surface area contributed by atoms with Crippen LogP contribution in [0.3, 0.4) is 0 Å². The van der Waals surface area contributed by atoms with E-state index in [9.17, 15) is 31.5 Å². The van der Waals surface area contributed by atoms with Gasteiger partial charge in [-0.25, -0.2) is 9.37 Å². The average Bonchev–Trinajstić information content (AvgIpc) is 3.59. The van der Waals surface area contributed by atoms with E-state index in [4.69, 9.17) is 4.98 Å². The zero-order chi connectivity index (χ0) is 36.8. The number of aromatic nitrogens is 3. The van der Waals surface area contributed by atoms with Crippen LogP contribution in [0.4, 0.5) is 22.0 Å². The smallest absolute Gasteiger partial charge is 0.329 e. The molecule has 0 saturated carbocycles. The summed E-state index contributed by atoms with van der Waals surface area (Å²) in [6.07, 6.45) is 5.52. The van der Waals surface area contributed by atoms with E-state index in [1.165, 1.54) is 29.9 Å². The number of H-pyrrole nitrogens is 1. The van der Waals surface area contributed by atoms with Gasteiger partial charge in [-0.15, -0.1) is 0 Å². The Labute approximate surface area is 294 Å².